The number of benzene rings is 2. The molecule has 0 bridgehead atoms. The molecule has 1 aromatic heterocycles. The van der Waals surface area contributed by atoms with E-state index in [1.807, 2.05) is 57.4 Å². The summed E-state index contributed by atoms with van der Waals surface area (Å²) in [6.07, 6.45) is 4.28. The first kappa shape index (κ1) is 28.0. The monoisotopic (exact) mass is 523 g/mol. The fourth-order valence-corrected chi connectivity index (χ4v) is 5.08. The number of methoxy groups -OCH3 is 1. The van der Waals surface area contributed by atoms with E-state index in [0.29, 0.717) is 50.7 Å². The van der Waals surface area contributed by atoms with Crippen LogP contribution in [0.1, 0.15) is 41.4 Å². The summed E-state index contributed by atoms with van der Waals surface area (Å²) in [7, 11) is 1.64. The Balaban J connectivity index is 1.37. The predicted molar refractivity (Wildman–Crippen MR) is 147 cm³/mol. The van der Waals surface area contributed by atoms with Gasteiger partial charge in [0.25, 0.3) is 0 Å². The van der Waals surface area contributed by atoms with Crippen LogP contribution >= 0.6 is 0 Å². The Morgan fingerprint density at radius 3 is 2.66 bits per heavy atom. The highest BCUT2D eigenvalue weighted by molar-refractivity contribution is 5.43. The number of ether oxygens (including phenoxy) is 3. The van der Waals surface area contributed by atoms with Crippen LogP contribution in [0.25, 0.3) is 0 Å². The molecule has 1 aliphatic rings. The second-order valence-electron chi connectivity index (χ2n) is 10.3. The molecule has 0 aliphatic carbocycles. The number of rotatable bonds is 11. The zero-order valence-electron chi connectivity index (χ0n) is 23.2. The van der Waals surface area contributed by atoms with E-state index >= 15 is 0 Å². The van der Waals surface area contributed by atoms with Gasteiger partial charge in [0.2, 0.25) is 0 Å². The van der Waals surface area contributed by atoms with Crippen molar-refractivity contribution in [1.82, 2.24) is 14.5 Å². The number of aryl methyl sites for hydroxylation is 3. The minimum atomic E-state index is -1.36. The van der Waals surface area contributed by atoms with Crippen molar-refractivity contribution in [3.8, 4) is 17.2 Å². The fraction of sp³-hybridized carbons (Fsp3) is 0.500. The molecule has 1 fully saturated rings. The van der Waals surface area contributed by atoms with E-state index in [1.54, 1.807) is 7.11 Å². The molecule has 0 spiro atoms. The van der Waals surface area contributed by atoms with Crippen molar-refractivity contribution < 1.29 is 24.4 Å². The van der Waals surface area contributed by atoms with Crippen LogP contribution < -0.4 is 14.2 Å². The number of hydrogen-bond donors (Lipinski definition) is 2. The number of nitrogens with zero attached hydrogens (tertiary/aromatic N) is 3. The van der Waals surface area contributed by atoms with Crippen LogP contribution in [0.4, 0.5) is 0 Å². The third-order valence-corrected chi connectivity index (χ3v) is 7.42. The standard InChI is InChI=1S/C30H41N3O5/c1-6-29-31-10-12-33(29)13-14-37-25-8-7-24(17-27(25)36-5)18-32-11-9-28(34)30(35,19-32)20-38-26-16-21(2)15-22(3)23(26)4/h7-8,10,12,15-17,28,34-35H,6,9,11,13-14,18-20H2,1-5H3/t28-,30-/m0/s1. The minimum absolute atomic E-state index is 0.0289. The molecule has 206 valence electrons. The molecule has 8 nitrogen and oxygen atoms in total. The SMILES string of the molecule is CCc1nccn1CCOc1ccc(CN2CC[C@H](O)[C@@](O)(COc3cc(C)cc(C)c3C)C2)cc1OC. The smallest absolute Gasteiger partial charge is 0.161 e. The summed E-state index contributed by atoms with van der Waals surface area (Å²) in [6, 6.07) is 10.0. The molecule has 3 aromatic rings. The van der Waals surface area contributed by atoms with E-state index in [1.165, 1.54) is 0 Å². The molecule has 0 amide bonds. The summed E-state index contributed by atoms with van der Waals surface area (Å²) in [5, 5.41) is 22.0. The molecule has 0 saturated carbocycles. The lowest BCUT2D eigenvalue weighted by molar-refractivity contribution is -0.140. The molecule has 2 aromatic carbocycles. The molecule has 0 radical (unpaired) electrons. The molecule has 2 atom stereocenters. The zero-order chi connectivity index (χ0) is 27.3. The van der Waals surface area contributed by atoms with Gasteiger partial charge in [-0.2, -0.15) is 0 Å². The number of likely N-dealkylation sites (tertiary alicyclic amines) is 1. The van der Waals surface area contributed by atoms with Gasteiger partial charge in [-0.3, -0.25) is 4.90 Å². The fourth-order valence-electron chi connectivity index (χ4n) is 5.08. The molecule has 2 heterocycles. The van der Waals surface area contributed by atoms with E-state index in [9.17, 15) is 10.2 Å². The second kappa shape index (κ2) is 12.2. The van der Waals surface area contributed by atoms with Gasteiger partial charge in [0.15, 0.2) is 11.5 Å². The average Bonchev–Trinajstić information content (AvgIpc) is 3.36. The molecule has 8 heteroatoms. The van der Waals surface area contributed by atoms with Gasteiger partial charge in [-0.05, 0) is 67.6 Å². The van der Waals surface area contributed by atoms with Crippen molar-refractivity contribution in [2.24, 2.45) is 0 Å². The maximum Gasteiger partial charge on any atom is 0.161 e. The van der Waals surface area contributed by atoms with Crippen molar-refractivity contribution in [3.63, 3.8) is 0 Å². The Morgan fingerprint density at radius 1 is 1.08 bits per heavy atom. The number of β-amino-alcohol motifs (C(OH)–C–C–N with tert-alkyl or cyclic N) is 1. The third kappa shape index (κ3) is 6.49. The summed E-state index contributed by atoms with van der Waals surface area (Å²) < 4.78 is 19.8. The van der Waals surface area contributed by atoms with Crippen LogP contribution in [-0.2, 0) is 19.5 Å². The highest BCUT2D eigenvalue weighted by Crippen LogP contribution is 2.31. The molecule has 2 N–H and O–H groups in total. The van der Waals surface area contributed by atoms with E-state index in [-0.39, 0.29) is 6.61 Å². The highest BCUT2D eigenvalue weighted by Gasteiger charge is 2.42. The molecule has 4 rings (SSSR count). The van der Waals surface area contributed by atoms with Crippen LogP contribution in [-0.4, -0.2) is 69.8 Å². The lowest BCUT2D eigenvalue weighted by atomic mass is 9.90. The summed E-state index contributed by atoms with van der Waals surface area (Å²) in [6.45, 7) is 11.0. The number of aliphatic hydroxyl groups excluding tert-OH is 1. The molecular formula is C30H41N3O5. The van der Waals surface area contributed by atoms with E-state index in [4.69, 9.17) is 14.2 Å². The van der Waals surface area contributed by atoms with Gasteiger partial charge in [-0.1, -0.05) is 19.1 Å². The number of piperidine rings is 1. The summed E-state index contributed by atoms with van der Waals surface area (Å²) in [5.41, 5.74) is 2.98. The highest BCUT2D eigenvalue weighted by atomic mass is 16.5. The maximum absolute atomic E-state index is 11.4. The van der Waals surface area contributed by atoms with Gasteiger partial charge in [0.1, 0.15) is 30.4 Å². The van der Waals surface area contributed by atoms with Gasteiger partial charge in [0, 0.05) is 38.4 Å². The molecule has 0 unspecified atom stereocenters. The van der Waals surface area contributed by atoms with Gasteiger partial charge in [-0.15, -0.1) is 0 Å². The lowest BCUT2D eigenvalue weighted by Gasteiger charge is -2.42. The van der Waals surface area contributed by atoms with Gasteiger partial charge in [0.05, 0.1) is 19.8 Å². The summed E-state index contributed by atoms with van der Waals surface area (Å²) in [4.78, 5) is 6.49. The predicted octanol–water partition coefficient (Wildman–Crippen LogP) is 3.84. The minimum Gasteiger partial charge on any atom is -0.493 e. The van der Waals surface area contributed by atoms with Crippen molar-refractivity contribution >= 4 is 0 Å². The van der Waals surface area contributed by atoms with Crippen molar-refractivity contribution in [1.29, 1.82) is 0 Å². The summed E-state index contributed by atoms with van der Waals surface area (Å²) in [5.74, 6) is 3.15. The lowest BCUT2D eigenvalue weighted by Crippen LogP contribution is -2.59. The Labute approximate surface area is 225 Å². The molecule has 1 aliphatic heterocycles. The number of imidazole rings is 1. The second-order valence-corrected chi connectivity index (χ2v) is 10.3. The maximum atomic E-state index is 11.4. The number of aliphatic hydroxyl groups is 2. The molecule has 38 heavy (non-hydrogen) atoms. The van der Waals surface area contributed by atoms with Crippen molar-refractivity contribution in [3.05, 3.63) is 70.8 Å². The van der Waals surface area contributed by atoms with E-state index < -0.39 is 11.7 Å². The van der Waals surface area contributed by atoms with Crippen LogP contribution in [0, 0.1) is 20.8 Å². The Kier molecular flexibility index (Phi) is 8.97. The van der Waals surface area contributed by atoms with Gasteiger partial charge >= 0.3 is 0 Å². The molecule has 1 saturated heterocycles. The Morgan fingerprint density at radius 2 is 1.89 bits per heavy atom. The number of hydrogen-bond acceptors (Lipinski definition) is 7. The largest absolute Gasteiger partial charge is 0.493 e. The van der Waals surface area contributed by atoms with E-state index in [2.05, 4.69) is 27.4 Å². The Hall–Kier alpha value is -3.07. The normalized spacial score (nSPS) is 19.9. The third-order valence-electron chi connectivity index (χ3n) is 7.42. The average molecular weight is 524 g/mol. The van der Waals surface area contributed by atoms with Crippen molar-refractivity contribution in [2.75, 3.05) is 33.4 Å². The van der Waals surface area contributed by atoms with Crippen molar-refractivity contribution in [2.45, 2.75) is 65.3 Å². The van der Waals surface area contributed by atoms with Crippen LogP contribution in [0.3, 0.4) is 0 Å². The first-order chi connectivity index (χ1) is 18.2. The van der Waals surface area contributed by atoms with Crippen LogP contribution in [0.5, 0.6) is 17.2 Å². The topological polar surface area (TPSA) is 89.2 Å². The quantitative estimate of drug-likeness (QED) is 0.395. The first-order valence-corrected chi connectivity index (χ1v) is 13.4. The summed E-state index contributed by atoms with van der Waals surface area (Å²) >= 11 is 0. The van der Waals surface area contributed by atoms with E-state index in [0.717, 1.165) is 40.2 Å². The van der Waals surface area contributed by atoms with Crippen LogP contribution in [0.15, 0.2) is 42.7 Å². The van der Waals surface area contributed by atoms with Gasteiger partial charge in [-0.25, -0.2) is 4.98 Å². The Bertz CT molecular complexity index is 1230. The van der Waals surface area contributed by atoms with Gasteiger partial charge < -0.3 is 29.0 Å². The zero-order valence-corrected chi connectivity index (χ0v) is 23.2. The van der Waals surface area contributed by atoms with Crippen LogP contribution in [0.2, 0.25) is 0 Å². The first-order valence-electron chi connectivity index (χ1n) is 13.4. The molecular weight excluding hydrogens is 482 g/mol. The number of aromatic nitrogens is 2.